The van der Waals surface area contributed by atoms with Crippen molar-refractivity contribution in [1.29, 1.82) is 0 Å². The highest BCUT2D eigenvalue weighted by molar-refractivity contribution is 7.09. The minimum Gasteiger partial charge on any atom is -0.489 e. The summed E-state index contributed by atoms with van der Waals surface area (Å²) in [4.78, 5) is 17.1. The van der Waals surface area contributed by atoms with Crippen LogP contribution in [0.25, 0.3) is 6.08 Å². The number of hydrogen-bond acceptors (Lipinski definition) is 6. The molecule has 2 aromatic carbocycles. The number of nitrogens with zero attached hydrogens (tertiary/aromatic N) is 1. The zero-order valence-electron chi connectivity index (χ0n) is 18.9. The van der Waals surface area contributed by atoms with E-state index in [2.05, 4.69) is 10.3 Å². The average molecular weight is 465 g/mol. The summed E-state index contributed by atoms with van der Waals surface area (Å²) in [6, 6.07) is 13.3. The van der Waals surface area contributed by atoms with E-state index >= 15 is 0 Å². The smallest absolute Gasteiger partial charge is 0.248 e. The van der Waals surface area contributed by atoms with Crippen LogP contribution in [0.5, 0.6) is 11.5 Å². The SMILES string of the molecule is Cc1ccc(NC(=O)C=Cc2ccccc2OCc2csc(C)n2)c(OCC2CCCO2)c1. The number of carbonyl (C=O) groups is 1. The minimum absolute atomic E-state index is 0.110. The van der Waals surface area contributed by atoms with Crippen LogP contribution >= 0.6 is 11.3 Å². The standard InChI is InChI=1S/C26H28N2O4S/c1-18-9-11-23(25(14-18)32-16-22-7-5-13-30-22)28-26(29)12-10-20-6-3-4-8-24(20)31-15-21-17-33-19(2)27-21/h3-4,6,8-12,14,17,22H,5,7,13,15-16H2,1-2H3,(H,28,29). The van der Waals surface area contributed by atoms with E-state index in [0.717, 1.165) is 41.3 Å². The van der Waals surface area contributed by atoms with Crippen molar-refractivity contribution in [3.05, 3.63) is 75.7 Å². The van der Waals surface area contributed by atoms with Crippen LogP contribution in [0, 0.1) is 13.8 Å². The van der Waals surface area contributed by atoms with Crippen molar-refractivity contribution in [2.24, 2.45) is 0 Å². The monoisotopic (exact) mass is 464 g/mol. The Hall–Kier alpha value is -3.16. The minimum atomic E-state index is -0.245. The van der Waals surface area contributed by atoms with Gasteiger partial charge in [-0.25, -0.2) is 4.98 Å². The van der Waals surface area contributed by atoms with E-state index in [0.29, 0.717) is 30.4 Å². The normalized spacial score (nSPS) is 15.6. The summed E-state index contributed by atoms with van der Waals surface area (Å²) >= 11 is 1.60. The van der Waals surface area contributed by atoms with Crippen LogP contribution in [-0.4, -0.2) is 30.2 Å². The predicted molar refractivity (Wildman–Crippen MR) is 131 cm³/mol. The van der Waals surface area contributed by atoms with Gasteiger partial charge in [-0.15, -0.1) is 11.3 Å². The molecule has 6 nitrogen and oxygen atoms in total. The third-order valence-corrected chi connectivity index (χ3v) is 6.04. The van der Waals surface area contributed by atoms with Gasteiger partial charge in [0.1, 0.15) is 24.7 Å². The number of nitrogens with one attached hydrogen (secondary N) is 1. The van der Waals surface area contributed by atoms with Gasteiger partial charge in [0, 0.05) is 23.6 Å². The Bertz CT molecular complexity index is 1120. The molecular formula is C26H28N2O4S. The van der Waals surface area contributed by atoms with Crippen LogP contribution in [0.2, 0.25) is 0 Å². The van der Waals surface area contributed by atoms with Crippen molar-refractivity contribution in [3.8, 4) is 11.5 Å². The Morgan fingerprint density at radius 1 is 1.21 bits per heavy atom. The third kappa shape index (κ3) is 6.66. The molecule has 1 atom stereocenters. The van der Waals surface area contributed by atoms with Gasteiger partial charge in [0.2, 0.25) is 5.91 Å². The van der Waals surface area contributed by atoms with Crippen LogP contribution in [-0.2, 0) is 16.1 Å². The zero-order chi connectivity index (χ0) is 23.0. The first-order valence-corrected chi connectivity index (χ1v) is 11.9. The molecule has 1 amide bonds. The fourth-order valence-electron chi connectivity index (χ4n) is 3.53. The number of carbonyl (C=O) groups excluding carboxylic acids is 1. The number of hydrogen-bond donors (Lipinski definition) is 1. The number of aryl methyl sites for hydroxylation is 2. The zero-order valence-corrected chi connectivity index (χ0v) is 19.7. The van der Waals surface area contributed by atoms with Crippen molar-refractivity contribution in [1.82, 2.24) is 4.98 Å². The number of anilines is 1. The largest absolute Gasteiger partial charge is 0.489 e. The van der Waals surface area contributed by atoms with Crippen molar-refractivity contribution in [3.63, 3.8) is 0 Å². The van der Waals surface area contributed by atoms with E-state index in [1.807, 2.05) is 61.7 Å². The fourth-order valence-corrected chi connectivity index (χ4v) is 4.12. The van der Waals surface area contributed by atoms with E-state index in [1.165, 1.54) is 6.08 Å². The van der Waals surface area contributed by atoms with Gasteiger partial charge in [-0.05, 0) is 56.5 Å². The number of ether oxygens (including phenoxy) is 3. The quantitative estimate of drug-likeness (QED) is 0.421. The van der Waals surface area contributed by atoms with Gasteiger partial charge in [-0.3, -0.25) is 4.79 Å². The Balaban J connectivity index is 1.39. The van der Waals surface area contributed by atoms with E-state index < -0.39 is 0 Å². The van der Waals surface area contributed by atoms with Gasteiger partial charge in [-0.2, -0.15) is 0 Å². The molecule has 3 aromatic rings. The number of amides is 1. The maximum absolute atomic E-state index is 12.6. The summed E-state index contributed by atoms with van der Waals surface area (Å²) in [5.41, 5.74) is 3.41. The fraction of sp³-hybridized carbons (Fsp3) is 0.308. The number of thiazole rings is 1. The van der Waals surface area contributed by atoms with Crippen LogP contribution in [0.15, 0.2) is 53.9 Å². The summed E-state index contributed by atoms with van der Waals surface area (Å²) < 4.78 is 17.5. The van der Waals surface area contributed by atoms with Gasteiger partial charge in [0.05, 0.1) is 22.5 Å². The molecule has 0 saturated carbocycles. The second kappa shape index (κ2) is 11.1. The molecule has 1 saturated heterocycles. The molecule has 33 heavy (non-hydrogen) atoms. The third-order valence-electron chi connectivity index (χ3n) is 5.22. The predicted octanol–water partition coefficient (Wildman–Crippen LogP) is 5.55. The Morgan fingerprint density at radius 2 is 2.09 bits per heavy atom. The molecule has 0 spiro atoms. The van der Waals surface area contributed by atoms with E-state index in [4.69, 9.17) is 14.2 Å². The van der Waals surface area contributed by atoms with E-state index in [9.17, 15) is 4.79 Å². The molecule has 0 radical (unpaired) electrons. The molecule has 2 heterocycles. The van der Waals surface area contributed by atoms with Gasteiger partial charge < -0.3 is 19.5 Å². The topological polar surface area (TPSA) is 69.7 Å². The van der Waals surface area contributed by atoms with E-state index in [1.54, 1.807) is 17.4 Å². The molecule has 1 fully saturated rings. The molecule has 172 valence electrons. The Morgan fingerprint density at radius 3 is 2.88 bits per heavy atom. The number of benzene rings is 2. The molecule has 7 heteroatoms. The van der Waals surface area contributed by atoms with Gasteiger partial charge >= 0.3 is 0 Å². The van der Waals surface area contributed by atoms with Crippen LogP contribution in [0.3, 0.4) is 0 Å². The molecule has 4 rings (SSSR count). The van der Waals surface area contributed by atoms with Crippen molar-refractivity contribution in [2.75, 3.05) is 18.5 Å². The highest BCUT2D eigenvalue weighted by Gasteiger charge is 2.17. The highest BCUT2D eigenvalue weighted by atomic mass is 32.1. The lowest BCUT2D eigenvalue weighted by Crippen LogP contribution is -2.17. The maximum Gasteiger partial charge on any atom is 0.248 e. The summed E-state index contributed by atoms with van der Waals surface area (Å²) in [7, 11) is 0. The first-order valence-electron chi connectivity index (χ1n) is 11.0. The van der Waals surface area contributed by atoms with Crippen molar-refractivity contribution < 1.29 is 19.0 Å². The van der Waals surface area contributed by atoms with E-state index in [-0.39, 0.29) is 12.0 Å². The van der Waals surface area contributed by atoms with Gasteiger partial charge in [0.25, 0.3) is 0 Å². The molecule has 1 aliphatic rings. The highest BCUT2D eigenvalue weighted by Crippen LogP contribution is 2.27. The summed E-state index contributed by atoms with van der Waals surface area (Å²) in [6.45, 7) is 5.61. The maximum atomic E-state index is 12.6. The number of aromatic nitrogens is 1. The number of para-hydroxylation sites is 1. The number of rotatable bonds is 9. The Kier molecular flexibility index (Phi) is 7.75. The lowest BCUT2D eigenvalue weighted by molar-refractivity contribution is -0.111. The Labute approximate surface area is 198 Å². The summed E-state index contributed by atoms with van der Waals surface area (Å²) in [6.07, 6.45) is 5.42. The first kappa shape index (κ1) is 23.0. The van der Waals surface area contributed by atoms with Gasteiger partial charge in [0.15, 0.2) is 0 Å². The summed E-state index contributed by atoms with van der Waals surface area (Å²) in [5.74, 6) is 1.10. The van der Waals surface area contributed by atoms with Crippen LogP contribution in [0.4, 0.5) is 5.69 Å². The van der Waals surface area contributed by atoms with Gasteiger partial charge in [-0.1, -0.05) is 24.3 Å². The molecule has 1 N–H and O–H groups in total. The molecule has 0 aliphatic carbocycles. The average Bonchev–Trinajstić information content (AvgIpc) is 3.48. The molecule has 0 bridgehead atoms. The lowest BCUT2D eigenvalue weighted by Gasteiger charge is -2.15. The lowest BCUT2D eigenvalue weighted by atomic mass is 10.1. The van der Waals surface area contributed by atoms with Crippen LogP contribution < -0.4 is 14.8 Å². The summed E-state index contributed by atoms with van der Waals surface area (Å²) in [5, 5.41) is 5.92. The van der Waals surface area contributed by atoms with Crippen molar-refractivity contribution >= 4 is 29.0 Å². The molecule has 1 unspecified atom stereocenters. The molecule has 1 aromatic heterocycles. The second-order valence-electron chi connectivity index (χ2n) is 7.95. The van der Waals surface area contributed by atoms with Crippen molar-refractivity contribution in [2.45, 2.75) is 39.4 Å². The second-order valence-corrected chi connectivity index (χ2v) is 9.01. The first-order chi connectivity index (χ1) is 16.1. The molecular weight excluding hydrogens is 436 g/mol. The van der Waals surface area contributed by atoms with Crippen LogP contribution in [0.1, 0.15) is 34.7 Å². The molecule has 1 aliphatic heterocycles.